The van der Waals surface area contributed by atoms with Crippen LogP contribution in [0.2, 0.25) is 0 Å². The van der Waals surface area contributed by atoms with Gasteiger partial charge in [-0.05, 0) is 17.7 Å². The van der Waals surface area contributed by atoms with Crippen LogP contribution in [-0.2, 0) is 20.9 Å². The summed E-state index contributed by atoms with van der Waals surface area (Å²) in [5.41, 5.74) is 1.02. The fourth-order valence-corrected chi connectivity index (χ4v) is 1.44. The molecule has 0 saturated heterocycles. The number of nitriles is 1. The maximum atomic E-state index is 10.8. The third-order valence-electron chi connectivity index (χ3n) is 1.83. The fraction of sp³-hybridized carbons (Fsp3) is 0.300. The van der Waals surface area contributed by atoms with Crippen LogP contribution in [0.3, 0.4) is 0 Å². The molecular formula is C10H11NO4S. The molecule has 0 amide bonds. The molecule has 0 fully saturated rings. The standard InChI is InChI=1S/C10H11NO4S/c1-14-10-5-8(3-4-9(10)6-11)7-15-16(2,12)13/h3-5H,7H2,1-2H3. The van der Waals surface area contributed by atoms with Crippen molar-refractivity contribution in [3.8, 4) is 11.8 Å². The second kappa shape index (κ2) is 4.96. The molecule has 6 heteroatoms. The zero-order valence-corrected chi connectivity index (χ0v) is 9.74. The lowest BCUT2D eigenvalue weighted by atomic mass is 10.1. The van der Waals surface area contributed by atoms with Crippen molar-refractivity contribution in [2.45, 2.75) is 6.61 Å². The smallest absolute Gasteiger partial charge is 0.264 e. The fourth-order valence-electron chi connectivity index (χ4n) is 1.09. The summed E-state index contributed by atoms with van der Waals surface area (Å²) < 4.78 is 31.2. The van der Waals surface area contributed by atoms with Gasteiger partial charge in [0.05, 0.1) is 25.5 Å². The highest BCUT2D eigenvalue weighted by Gasteiger charge is 2.06. The van der Waals surface area contributed by atoms with Gasteiger partial charge in [0.1, 0.15) is 11.8 Å². The Bertz CT molecular complexity index is 516. The van der Waals surface area contributed by atoms with Gasteiger partial charge < -0.3 is 4.74 Å². The molecule has 1 aromatic rings. The Morgan fingerprint density at radius 2 is 2.12 bits per heavy atom. The second-order valence-electron chi connectivity index (χ2n) is 3.11. The van der Waals surface area contributed by atoms with Gasteiger partial charge in [0.2, 0.25) is 0 Å². The molecule has 0 aliphatic carbocycles. The molecule has 0 heterocycles. The summed E-state index contributed by atoms with van der Waals surface area (Å²) in [7, 11) is -2.02. The summed E-state index contributed by atoms with van der Waals surface area (Å²) in [6.07, 6.45) is 0.980. The van der Waals surface area contributed by atoms with Gasteiger partial charge in [-0.3, -0.25) is 4.18 Å². The van der Waals surface area contributed by atoms with Gasteiger partial charge in [-0.2, -0.15) is 13.7 Å². The van der Waals surface area contributed by atoms with Gasteiger partial charge in [-0.1, -0.05) is 6.07 Å². The minimum absolute atomic E-state index is 0.0685. The molecule has 0 radical (unpaired) electrons. The molecule has 1 aromatic carbocycles. The number of nitrogens with zero attached hydrogens (tertiary/aromatic N) is 1. The predicted molar refractivity (Wildman–Crippen MR) is 57.3 cm³/mol. The monoisotopic (exact) mass is 241 g/mol. The molecule has 86 valence electrons. The van der Waals surface area contributed by atoms with Crippen molar-refractivity contribution in [2.75, 3.05) is 13.4 Å². The van der Waals surface area contributed by atoms with E-state index in [1.165, 1.54) is 7.11 Å². The molecular weight excluding hydrogens is 230 g/mol. The predicted octanol–water partition coefficient (Wildman–Crippen LogP) is 1.04. The topological polar surface area (TPSA) is 76.4 Å². The third-order valence-corrected chi connectivity index (χ3v) is 2.37. The lowest BCUT2D eigenvalue weighted by Gasteiger charge is -2.06. The first-order valence-electron chi connectivity index (χ1n) is 4.37. The summed E-state index contributed by atoms with van der Waals surface area (Å²) in [6.45, 7) is -0.0685. The summed E-state index contributed by atoms with van der Waals surface area (Å²) >= 11 is 0. The van der Waals surface area contributed by atoms with Gasteiger partial charge in [0.25, 0.3) is 10.1 Å². The molecule has 0 saturated carbocycles. The summed E-state index contributed by atoms with van der Waals surface area (Å²) in [4.78, 5) is 0. The minimum Gasteiger partial charge on any atom is -0.495 e. The van der Waals surface area contributed by atoms with E-state index in [2.05, 4.69) is 4.18 Å². The zero-order valence-electron chi connectivity index (χ0n) is 8.93. The first-order chi connectivity index (χ1) is 7.46. The van der Waals surface area contributed by atoms with Crippen molar-refractivity contribution in [1.82, 2.24) is 0 Å². The lowest BCUT2D eigenvalue weighted by molar-refractivity contribution is 0.310. The van der Waals surface area contributed by atoms with E-state index in [1.54, 1.807) is 18.2 Å². The van der Waals surface area contributed by atoms with E-state index in [-0.39, 0.29) is 6.61 Å². The van der Waals surface area contributed by atoms with Crippen LogP contribution in [0.25, 0.3) is 0 Å². The van der Waals surface area contributed by atoms with Gasteiger partial charge in [-0.15, -0.1) is 0 Å². The largest absolute Gasteiger partial charge is 0.495 e. The van der Waals surface area contributed by atoms with E-state index < -0.39 is 10.1 Å². The highest BCUT2D eigenvalue weighted by atomic mass is 32.2. The van der Waals surface area contributed by atoms with Crippen LogP contribution in [0.15, 0.2) is 18.2 Å². The summed E-state index contributed by atoms with van der Waals surface area (Å²) in [5.74, 6) is 0.400. The van der Waals surface area contributed by atoms with E-state index in [1.807, 2.05) is 6.07 Å². The second-order valence-corrected chi connectivity index (χ2v) is 4.76. The van der Waals surface area contributed by atoms with Crippen LogP contribution in [0.4, 0.5) is 0 Å². The molecule has 0 aliphatic heterocycles. The average molecular weight is 241 g/mol. The number of hydrogen-bond donors (Lipinski definition) is 0. The Labute approximate surface area is 94.3 Å². The molecule has 5 nitrogen and oxygen atoms in total. The molecule has 1 rings (SSSR count). The summed E-state index contributed by atoms with van der Waals surface area (Å²) in [6, 6.07) is 6.71. The number of ether oxygens (including phenoxy) is 1. The highest BCUT2D eigenvalue weighted by molar-refractivity contribution is 7.85. The van der Waals surface area contributed by atoms with Crippen molar-refractivity contribution in [1.29, 1.82) is 5.26 Å². The van der Waals surface area contributed by atoms with Crippen LogP contribution >= 0.6 is 0 Å². The van der Waals surface area contributed by atoms with Crippen LogP contribution in [0.1, 0.15) is 11.1 Å². The number of methoxy groups -OCH3 is 1. The Morgan fingerprint density at radius 1 is 1.44 bits per heavy atom. The Morgan fingerprint density at radius 3 is 2.62 bits per heavy atom. The van der Waals surface area contributed by atoms with Crippen molar-refractivity contribution in [3.63, 3.8) is 0 Å². The van der Waals surface area contributed by atoms with Gasteiger partial charge in [0.15, 0.2) is 0 Å². The van der Waals surface area contributed by atoms with Crippen molar-refractivity contribution in [2.24, 2.45) is 0 Å². The van der Waals surface area contributed by atoms with Crippen LogP contribution in [0, 0.1) is 11.3 Å². The zero-order chi connectivity index (χ0) is 12.2. The maximum Gasteiger partial charge on any atom is 0.264 e. The first kappa shape index (κ1) is 12.5. The van der Waals surface area contributed by atoms with E-state index in [4.69, 9.17) is 10.00 Å². The van der Waals surface area contributed by atoms with Crippen LogP contribution in [-0.4, -0.2) is 21.8 Å². The third kappa shape index (κ3) is 3.53. The number of benzene rings is 1. The highest BCUT2D eigenvalue weighted by Crippen LogP contribution is 2.19. The van der Waals surface area contributed by atoms with Gasteiger partial charge >= 0.3 is 0 Å². The molecule has 0 aliphatic rings. The normalized spacial score (nSPS) is 10.8. The molecule has 0 bridgehead atoms. The Hall–Kier alpha value is -1.58. The number of rotatable bonds is 4. The van der Waals surface area contributed by atoms with E-state index >= 15 is 0 Å². The van der Waals surface area contributed by atoms with Crippen molar-refractivity contribution in [3.05, 3.63) is 29.3 Å². The Balaban J connectivity index is 2.88. The molecule has 0 N–H and O–H groups in total. The van der Waals surface area contributed by atoms with Crippen LogP contribution < -0.4 is 4.74 Å². The molecule has 0 unspecified atom stereocenters. The number of hydrogen-bond acceptors (Lipinski definition) is 5. The van der Waals surface area contributed by atoms with E-state index in [0.717, 1.165) is 6.26 Å². The molecule has 0 spiro atoms. The quantitative estimate of drug-likeness (QED) is 0.736. The van der Waals surface area contributed by atoms with Crippen molar-refractivity contribution >= 4 is 10.1 Å². The first-order valence-corrected chi connectivity index (χ1v) is 6.19. The minimum atomic E-state index is -3.46. The molecule has 0 aromatic heterocycles. The van der Waals surface area contributed by atoms with Gasteiger partial charge in [0, 0.05) is 0 Å². The maximum absolute atomic E-state index is 10.8. The Kier molecular flexibility index (Phi) is 3.88. The SMILES string of the molecule is COc1cc(COS(C)(=O)=O)ccc1C#N. The van der Waals surface area contributed by atoms with Gasteiger partial charge in [-0.25, -0.2) is 0 Å². The lowest BCUT2D eigenvalue weighted by Crippen LogP contribution is -2.03. The van der Waals surface area contributed by atoms with E-state index in [0.29, 0.717) is 16.9 Å². The molecule has 16 heavy (non-hydrogen) atoms. The summed E-state index contributed by atoms with van der Waals surface area (Å²) in [5, 5.41) is 8.74. The average Bonchev–Trinajstić information content (AvgIpc) is 2.25. The van der Waals surface area contributed by atoms with E-state index in [9.17, 15) is 8.42 Å². The van der Waals surface area contributed by atoms with Crippen molar-refractivity contribution < 1.29 is 17.3 Å². The molecule has 0 atom stereocenters. The van der Waals surface area contributed by atoms with Crippen LogP contribution in [0.5, 0.6) is 5.75 Å².